The van der Waals surface area contributed by atoms with Gasteiger partial charge in [-0.2, -0.15) is 5.10 Å². The number of halogens is 1. The Morgan fingerprint density at radius 2 is 1.73 bits per heavy atom. The first-order chi connectivity index (χ1) is 16.2. The van der Waals surface area contributed by atoms with Gasteiger partial charge in [0.25, 0.3) is 0 Å². The van der Waals surface area contributed by atoms with E-state index in [0.29, 0.717) is 6.54 Å². The normalized spacial score (nSPS) is 14.0. The van der Waals surface area contributed by atoms with Crippen molar-refractivity contribution < 1.29 is 9.47 Å². The van der Waals surface area contributed by atoms with Crippen molar-refractivity contribution in [3.05, 3.63) is 65.0 Å². The molecule has 1 fully saturated rings. The van der Waals surface area contributed by atoms with Crippen molar-refractivity contribution in [2.45, 2.75) is 6.54 Å². The molecular formula is C24H25BrN6O2. The second-order valence-electron chi connectivity index (χ2n) is 7.84. The van der Waals surface area contributed by atoms with Crippen LogP contribution in [0.4, 0.5) is 11.5 Å². The van der Waals surface area contributed by atoms with Crippen LogP contribution in [0, 0.1) is 0 Å². The zero-order valence-corrected chi connectivity index (χ0v) is 20.2. The number of benzene rings is 2. The topological polar surface area (TPSA) is 68.5 Å². The van der Waals surface area contributed by atoms with Crippen molar-refractivity contribution >= 4 is 38.5 Å². The number of hydrogen-bond donors (Lipinski definition) is 0. The van der Waals surface area contributed by atoms with Gasteiger partial charge in [0.1, 0.15) is 23.6 Å². The van der Waals surface area contributed by atoms with Crippen LogP contribution in [0.25, 0.3) is 11.0 Å². The average molecular weight is 509 g/mol. The number of para-hydroxylation sites is 2. The highest BCUT2D eigenvalue weighted by Gasteiger charge is 2.23. The molecule has 0 amide bonds. The molecule has 33 heavy (non-hydrogen) atoms. The summed E-state index contributed by atoms with van der Waals surface area (Å²) in [6, 6.07) is 14.1. The molecule has 1 aliphatic rings. The molecule has 0 unspecified atom stereocenters. The van der Waals surface area contributed by atoms with Crippen molar-refractivity contribution in [1.82, 2.24) is 19.7 Å². The second kappa shape index (κ2) is 9.27. The molecule has 5 rings (SSSR count). The lowest BCUT2D eigenvalue weighted by Gasteiger charge is -2.37. The van der Waals surface area contributed by atoms with E-state index in [-0.39, 0.29) is 0 Å². The molecule has 170 valence electrons. The van der Waals surface area contributed by atoms with Crippen LogP contribution >= 0.6 is 15.9 Å². The number of hydrogen-bond acceptors (Lipinski definition) is 7. The Bertz CT molecular complexity index is 1270. The first-order valence-electron chi connectivity index (χ1n) is 10.8. The van der Waals surface area contributed by atoms with Crippen LogP contribution in [-0.2, 0) is 6.54 Å². The monoisotopic (exact) mass is 508 g/mol. The molecule has 0 spiro atoms. The van der Waals surface area contributed by atoms with Gasteiger partial charge in [-0.1, -0.05) is 28.1 Å². The molecule has 1 saturated heterocycles. The number of aromatic nitrogens is 4. The minimum Gasteiger partial charge on any atom is -0.497 e. The fraction of sp³-hybridized carbons (Fsp3) is 0.292. The number of ether oxygens (including phenoxy) is 2. The van der Waals surface area contributed by atoms with Crippen molar-refractivity contribution in [3.8, 4) is 11.5 Å². The molecule has 0 N–H and O–H groups in total. The van der Waals surface area contributed by atoms with Gasteiger partial charge in [0.15, 0.2) is 5.65 Å². The first kappa shape index (κ1) is 21.5. The minimum atomic E-state index is 0.583. The summed E-state index contributed by atoms with van der Waals surface area (Å²) in [5.74, 6) is 2.64. The summed E-state index contributed by atoms with van der Waals surface area (Å²) in [6.07, 6.45) is 3.49. The molecule has 2 aromatic carbocycles. The van der Waals surface area contributed by atoms with Gasteiger partial charge in [-0.3, -0.25) is 0 Å². The average Bonchev–Trinajstić information content (AvgIpc) is 3.28. The largest absolute Gasteiger partial charge is 0.497 e. The van der Waals surface area contributed by atoms with E-state index in [2.05, 4.69) is 46.9 Å². The smallest absolute Gasteiger partial charge is 0.163 e. The van der Waals surface area contributed by atoms with Gasteiger partial charge in [0.2, 0.25) is 0 Å². The molecule has 2 aromatic heterocycles. The maximum atomic E-state index is 5.54. The SMILES string of the molecule is COc1ccc(Br)c(Cn2ncc3c(N4CCN(c5ccccc5OC)CC4)ncnc32)c1. The molecule has 0 atom stereocenters. The molecule has 4 aromatic rings. The van der Waals surface area contributed by atoms with E-state index in [1.165, 1.54) is 0 Å². The molecule has 0 radical (unpaired) electrons. The van der Waals surface area contributed by atoms with Crippen molar-refractivity contribution in [2.24, 2.45) is 0 Å². The maximum absolute atomic E-state index is 5.54. The summed E-state index contributed by atoms with van der Waals surface area (Å²) in [6.45, 7) is 4.07. The van der Waals surface area contributed by atoms with Crippen molar-refractivity contribution in [3.63, 3.8) is 0 Å². The van der Waals surface area contributed by atoms with E-state index in [4.69, 9.17) is 9.47 Å². The quantitative estimate of drug-likeness (QED) is 0.390. The Morgan fingerprint density at radius 1 is 0.939 bits per heavy atom. The maximum Gasteiger partial charge on any atom is 0.163 e. The van der Waals surface area contributed by atoms with Crippen LogP contribution in [0.3, 0.4) is 0 Å². The summed E-state index contributed by atoms with van der Waals surface area (Å²) in [7, 11) is 3.39. The zero-order chi connectivity index (χ0) is 22.8. The third-order valence-electron chi connectivity index (χ3n) is 5.99. The lowest BCUT2D eigenvalue weighted by molar-refractivity contribution is 0.413. The van der Waals surface area contributed by atoms with Crippen molar-refractivity contribution in [1.29, 1.82) is 0 Å². The summed E-state index contributed by atoms with van der Waals surface area (Å²) in [5, 5.41) is 5.59. The Balaban J connectivity index is 1.37. The molecule has 3 heterocycles. The lowest BCUT2D eigenvalue weighted by atomic mass is 10.2. The summed E-state index contributed by atoms with van der Waals surface area (Å²) < 4.78 is 13.8. The number of piperazine rings is 1. The summed E-state index contributed by atoms with van der Waals surface area (Å²) in [5.41, 5.74) is 3.02. The van der Waals surface area contributed by atoms with E-state index in [1.54, 1.807) is 20.5 Å². The molecule has 0 saturated carbocycles. The van der Waals surface area contributed by atoms with Gasteiger partial charge in [0.05, 0.1) is 38.0 Å². The van der Waals surface area contributed by atoms with E-state index in [0.717, 1.165) is 70.3 Å². The minimum absolute atomic E-state index is 0.583. The van der Waals surface area contributed by atoms with Crippen LogP contribution in [0.2, 0.25) is 0 Å². The van der Waals surface area contributed by atoms with Crippen LogP contribution in [0.15, 0.2) is 59.5 Å². The van der Waals surface area contributed by atoms with Gasteiger partial charge in [-0.25, -0.2) is 14.6 Å². The molecule has 8 nitrogen and oxygen atoms in total. The second-order valence-corrected chi connectivity index (χ2v) is 8.69. The number of rotatable bonds is 6. The molecule has 9 heteroatoms. The van der Waals surface area contributed by atoms with Crippen molar-refractivity contribution in [2.75, 3.05) is 50.2 Å². The van der Waals surface area contributed by atoms with Crippen LogP contribution < -0.4 is 19.3 Å². The summed E-state index contributed by atoms with van der Waals surface area (Å²) in [4.78, 5) is 13.8. The molecular weight excluding hydrogens is 484 g/mol. The summed E-state index contributed by atoms with van der Waals surface area (Å²) >= 11 is 3.63. The zero-order valence-electron chi connectivity index (χ0n) is 18.6. The fourth-order valence-electron chi connectivity index (χ4n) is 4.26. The van der Waals surface area contributed by atoms with Gasteiger partial charge >= 0.3 is 0 Å². The van der Waals surface area contributed by atoms with Crippen LogP contribution in [-0.4, -0.2) is 60.1 Å². The highest BCUT2D eigenvalue weighted by Crippen LogP contribution is 2.31. The van der Waals surface area contributed by atoms with Crippen LogP contribution in [0.1, 0.15) is 5.56 Å². The Labute approximate surface area is 200 Å². The lowest BCUT2D eigenvalue weighted by Crippen LogP contribution is -2.47. The van der Waals surface area contributed by atoms with Gasteiger partial charge in [-0.15, -0.1) is 0 Å². The highest BCUT2D eigenvalue weighted by atomic mass is 79.9. The Hall–Kier alpha value is -3.33. The number of methoxy groups -OCH3 is 2. The highest BCUT2D eigenvalue weighted by molar-refractivity contribution is 9.10. The number of anilines is 2. The van der Waals surface area contributed by atoms with Gasteiger partial charge < -0.3 is 19.3 Å². The van der Waals surface area contributed by atoms with Crippen LogP contribution in [0.5, 0.6) is 11.5 Å². The standard InChI is InChI=1S/C24H25BrN6O2/c1-32-18-7-8-20(25)17(13-18)15-31-24-19(14-28-31)23(26-16-27-24)30-11-9-29(10-12-30)21-5-3-4-6-22(21)33-2/h3-8,13-14,16H,9-12,15H2,1-2H3. The fourth-order valence-corrected chi connectivity index (χ4v) is 4.63. The predicted molar refractivity (Wildman–Crippen MR) is 133 cm³/mol. The third-order valence-corrected chi connectivity index (χ3v) is 6.76. The van der Waals surface area contributed by atoms with E-state index in [1.807, 2.05) is 47.3 Å². The number of nitrogens with zero attached hydrogens (tertiary/aromatic N) is 6. The molecule has 0 bridgehead atoms. The Morgan fingerprint density at radius 3 is 2.52 bits per heavy atom. The first-order valence-corrected chi connectivity index (χ1v) is 11.6. The van der Waals surface area contributed by atoms with E-state index < -0.39 is 0 Å². The number of fused-ring (bicyclic) bond motifs is 1. The van der Waals surface area contributed by atoms with Gasteiger partial charge in [0, 0.05) is 30.7 Å². The third kappa shape index (κ3) is 4.20. The van der Waals surface area contributed by atoms with E-state index >= 15 is 0 Å². The Kier molecular flexibility index (Phi) is 6.04. The predicted octanol–water partition coefficient (Wildman–Crippen LogP) is 3.98. The molecule has 0 aliphatic carbocycles. The molecule has 1 aliphatic heterocycles. The van der Waals surface area contributed by atoms with Gasteiger partial charge in [-0.05, 0) is 35.9 Å². The van der Waals surface area contributed by atoms with E-state index in [9.17, 15) is 0 Å².